The zero-order valence-corrected chi connectivity index (χ0v) is 18.7. The molecule has 2 aliphatic heterocycles. The van der Waals surface area contributed by atoms with Gasteiger partial charge in [0.25, 0.3) is 10.0 Å². The summed E-state index contributed by atoms with van der Waals surface area (Å²) in [5.74, 6) is 0.435. The van der Waals surface area contributed by atoms with Crippen molar-refractivity contribution in [3.63, 3.8) is 0 Å². The van der Waals surface area contributed by atoms with Crippen LogP contribution in [-0.2, 0) is 14.8 Å². The van der Waals surface area contributed by atoms with Gasteiger partial charge >= 0.3 is 0 Å². The molecule has 1 aromatic carbocycles. The van der Waals surface area contributed by atoms with Crippen molar-refractivity contribution in [3.05, 3.63) is 48.3 Å². The first-order valence-corrected chi connectivity index (χ1v) is 11.8. The highest BCUT2D eigenvalue weighted by molar-refractivity contribution is 7.92. The molecule has 166 valence electrons. The monoisotopic (exact) mass is 445 g/mol. The number of sulfonamides is 1. The lowest BCUT2D eigenvalue weighted by molar-refractivity contribution is -0.147. The second-order valence-corrected chi connectivity index (χ2v) is 10.5. The Hall–Kier alpha value is -2.65. The molecule has 0 unspecified atom stereocenters. The lowest BCUT2D eigenvalue weighted by atomic mass is 9.84. The van der Waals surface area contributed by atoms with Gasteiger partial charge in [0.2, 0.25) is 5.91 Å². The highest BCUT2D eigenvalue weighted by atomic mass is 32.2. The van der Waals surface area contributed by atoms with Crippen LogP contribution in [0.3, 0.4) is 0 Å². The first-order chi connectivity index (χ1) is 14.6. The topological polar surface area (TPSA) is 100 Å². The van der Waals surface area contributed by atoms with E-state index in [0.717, 1.165) is 12.8 Å². The molecule has 0 saturated carbocycles. The number of hydrogen-bond donors (Lipinski definition) is 1. The van der Waals surface area contributed by atoms with E-state index in [1.54, 1.807) is 36.9 Å². The Morgan fingerprint density at radius 1 is 1.19 bits per heavy atom. The van der Waals surface area contributed by atoms with Gasteiger partial charge in [0, 0.05) is 38.0 Å². The second-order valence-electron chi connectivity index (χ2n) is 8.52. The Morgan fingerprint density at radius 2 is 1.90 bits per heavy atom. The van der Waals surface area contributed by atoms with Crippen LogP contribution < -0.4 is 9.04 Å². The van der Waals surface area contributed by atoms with E-state index in [4.69, 9.17) is 4.74 Å². The molecule has 31 heavy (non-hydrogen) atoms. The van der Waals surface area contributed by atoms with Crippen molar-refractivity contribution >= 4 is 21.6 Å². The van der Waals surface area contributed by atoms with Crippen molar-refractivity contribution < 1.29 is 23.1 Å². The predicted molar refractivity (Wildman–Crippen MR) is 115 cm³/mol. The highest BCUT2D eigenvalue weighted by Gasteiger charge is 2.47. The van der Waals surface area contributed by atoms with Crippen LogP contribution in [0.4, 0.5) is 5.69 Å². The molecule has 9 heteroatoms. The van der Waals surface area contributed by atoms with Crippen molar-refractivity contribution in [1.82, 2.24) is 9.88 Å². The average molecular weight is 446 g/mol. The molecule has 1 N–H and O–H groups in total. The maximum absolute atomic E-state index is 13.3. The molecule has 1 fully saturated rings. The summed E-state index contributed by atoms with van der Waals surface area (Å²) in [5.41, 5.74) is 0.0584. The molecule has 1 aromatic heterocycles. The molecular formula is C22H27N3O5S. The van der Waals surface area contributed by atoms with Gasteiger partial charge in [0.05, 0.1) is 16.6 Å². The van der Waals surface area contributed by atoms with Crippen molar-refractivity contribution in [3.8, 4) is 5.75 Å². The molecule has 3 heterocycles. The summed E-state index contributed by atoms with van der Waals surface area (Å²) in [5, 5.41) is 11.1. The molecule has 0 bridgehead atoms. The fourth-order valence-corrected chi connectivity index (χ4v) is 5.45. The molecule has 0 aliphatic carbocycles. The smallest absolute Gasteiger partial charge is 0.264 e. The number of likely N-dealkylation sites (tertiary alicyclic amines) is 1. The van der Waals surface area contributed by atoms with E-state index < -0.39 is 27.8 Å². The van der Waals surface area contributed by atoms with E-state index in [1.807, 2.05) is 0 Å². The van der Waals surface area contributed by atoms with Crippen molar-refractivity contribution in [2.24, 2.45) is 0 Å². The summed E-state index contributed by atoms with van der Waals surface area (Å²) in [7, 11) is -2.40. The second kappa shape index (κ2) is 7.80. The summed E-state index contributed by atoms with van der Waals surface area (Å²) in [6.45, 7) is 4.05. The molecular weight excluding hydrogens is 418 g/mol. The number of fused-ring (bicyclic) bond motifs is 1. The van der Waals surface area contributed by atoms with Gasteiger partial charge in [0.1, 0.15) is 17.5 Å². The number of aromatic nitrogens is 1. The summed E-state index contributed by atoms with van der Waals surface area (Å²) in [6, 6.07) is 7.17. The molecule has 1 saturated heterocycles. The van der Waals surface area contributed by atoms with Gasteiger partial charge in [-0.15, -0.1) is 0 Å². The average Bonchev–Trinajstić information content (AvgIpc) is 2.75. The van der Waals surface area contributed by atoms with Gasteiger partial charge in [-0.05, 0) is 57.0 Å². The minimum atomic E-state index is -3.87. The number of aliphatic hydroxyl groups excluding tert-OH is 1. The van der Waals surface area contributed by atoms with Crippen molar-refractivity contribution in [2.45, 2.75) is 55.8 Å². The maximum atomic E-state index is 13.3. The van der Waals surface area contributed by atoms with Gasteiger partial charge in [-0.1, -0.05) is 0 Å². The molecule has 0 spiro atoms. The van der Waals surface area contributed by atoms with Gasteiger partial charge in [-0.3, -0.25) is 14.1 Å². The molecule has 2 atom stereocenters. The number of hydrogen-bond acceptors (Lipinski definition) is 6. The Bertz CT molecular complexity index is 1090. The van der Waals surface area contributed by atoms with Crippen LogP contribution in [-0.4, -0.2) is 54.6 Å². The van der Waals surface area contributed by atoms with Gasteiger partial charge in [-0.25, -0.2) is 8.42 Å². The van der Waals surface area contributed by atoms with Gasteiger partial charge < -0.3 is 14.7 Å². The normalized spacial score (nSPS) is 23.1. The molecule has 1 amide bonds. The van der Waals surface area contributed by atoms with Gasteiger partial charge in [0.15, 0.2) is 0 Å². The fraction of sp³-hybridized carbons (Fsp3) is 0.455. The van der Waals surface area contributed by atoms with E-state index in [9.17, 15) is 18.3 Å². The van der Waals surface area contributed by atoms with E-state index in [0.29, 0.717) is 30.0 Å². The van der Waals surface area contributed by atoms with E-state index in [-0.39, 0.29) is 10.8 Å². The summed E-state index contributed by atoms with van der Waals surface area (Å²) in [4.78, 5) is 18.3. The Labute approximate surface area is 182 Å². The third kappa shape index (κ3) is 3.76. The number of carbonyl (C=O) groups is 1. The molecule has 2 aromatic rings. The van der Waals surface area contributed by atoms with Crippen LogP contribution in [0.15, 0.2) is 47.6 Å². The maximum Gasteiger partial charge on any atom is 0.264 e. The number of pyridine rings is 1. The number of nitrogens with zero attached hydrogens (tertiary/aromatic N) is 3. The van der Waals surface area contributed by atoms with Crippen LogP contribution in [0.25, 0.3) is 0 Å². The standard InChI is InChI=1S/C22H27N3O5S/c1-22(2)21(27)20(25-13-5-4-6-19(25)26)17-14-16(7-8-18(17)30-22)31(28,29)24(3)15-9-11-23-12-10-15/h7-12,14,20-21,27H,4-6,13H2,1-3H3/t20-,21+/m1/s1. The number of aliphatic hydroxyl groups is 1. The van der Waals surface area contributed by atoms with Crippen LogP contribution >= 0.6 is 0 Å². The van der Waals surface area contributed by atoms with E-state index >= 15 is 0 Å². The lowest BCUT2D eigenvalue weighted by Gasteiger charge is -2.47. The largest absolute Gasteiger partial charge is 0.485 e. The summed E-state index contributed by atoms with van der Waals surface area (Å²) < 4.78 is 33.8. The van der Waals surface area contributed by atoms with E-state index in [1.165, 1.54) is 35.9 Å². The number of piperidine rings is 1. The third-order valence-electron chi connectivity index (χ3n) is 6.06. The van der Waals surface area contributed by atoms with Crippen LogP contribution in [0.5, 0.6) is 5.75 Å². The Balaban J connectivity index is 1.79. The predicted octanol–water partition coefficient (Wildman–Crippen LogP) is 2.49. The SMILES string of the molecule is CN(c1ccncc1)S(=O)(=O)c1ccc2c(c1)[C@@H](N1CCCCC1=O)[C@H](O)C(C)(C)O2. The summed E-state index contributed by atoms with van der Waals surface area (Å²) in [6.07, 6.45) is 4.13. The number of rotatable bonds is 4. The zero-order chi connectivity index (χ0) is 22.4. The number of amides is 1. The highest BCUT2D eigenvalue weighted by Crippen LogP contribution is 2.45. The zero-order valence-electron chi connectivity index (χ0n) is 17.9. The Morgan fingerprint density at radius 3 is 2.58 bits per heavy atom. The van der Waals surface area contributed by atoms with Crippen LogP contribution in [0.2, 0.25) is 0 Å². The van der Waals surface area contributed by atoms with Crippen LogP contribution in [0.1, 0.15) is 44.7 Å². The quantitative estimate of drug-likeness (QED) is 0.776. The minimum absolute atomic E-state index is 0.0406. The molecule has 0 radical (unpaired) electrons. The summed E-state index contributed by atoms with van der Waals surface area (Å²) >= 11 is 0. The molecule has 8 nitrogen and oxygen atoms in total. The van der Waals surface area contributed by atoms with Crippen molar-refractivity contribution in [2.75, 3.05) is 17.9 Å². The van der Waals surface area contributed by atoms with Crippen molar-refractivity contribution in [1.29, 1.82) is 0 Å². The Kier molecular flexibility index (Phi) is 5.43. The number of anilines is 1. The molecule has 4 rings (SSSR count). The van der Waals surface area contributed by atoms with Crippen LogP contribution in [0, 0.1) is 0 Å². The first kappa shape index (κ1) is 21.6. The molecule has 2 aliphatic rings. The number of benzene rings is 1. The number of carbonyl (C=O) groups excluding carboxylic acids is 1. The third-order valence-corrected chi connectivity index (χ3v) is 7.85. The lowest BCUT2D eigenvalue weighted by Crippen LogP contribution is -2.55. The van der Waals surface area contributed by atoms with E-state index in [2.05, 4.69) is 4.98 Å². The first-order valence-electron chi connectivity index (χ1n) is 10.3. The fourth-order valence-electron chi connectivity index (χ4n) is 4.22. The van der Waals surface area contributed by atoms with Gasteiger partial charge in [-0.2, -0.15) is 0 Å². The minimum Gasteiger partial charge on any atom is -0.485 e. The number of ether oxygens (including phenoxy) is 1.